The van der Waals surface area contributed by atoms with Gasteiger partial charge in [0.1, 0.15) is 5.78 Å². The standard InChI is InChI=1S/C64H127NO3/c1-4-5-6-7-8-9-10-11-12-13-14-15-16-17-18-19-20-21-22-23-24-25-26-27-28-29-30-31-32-33-34-35-36-37-38-39-40-41-42-43-44-45-46-49-52-57-62-68-64(67)60-54-51-48-47-50-53-58-63(66)59-55-56-61-65(2)3/h4-62H2,1-3H3. The fourth-order valence-corrected chi connectivity index (χ4v) is 10.4. The largest absolute Gasteiger partial charge is 0.466 e. The first kappa shape index (κ1) is 67.1. The van der Waals surface area contributed by atoms with E-state index in [4.69, 9.17) is 4.74 Å². The van der Waals surface area contributed by atoms with Gasteiger partial charge in [-0.05, 0) is 52.7 Å². The lowest BCUT2D eigenvalue weighted by Crippen LogP contribution is -2.13. The van der Waals surface area contributed by atoms with Crippen LogP contribution in [0.3, 0.4) is 0 Å². The van der Waals surface area contributed by atoms with E-state index in [-0.39, 0.29) is 5.97 Å². The molecule has 0 saturated heterocycles. The molecular weight excluding hydrogens is 831 g/mol. The summed E-state index contributed by atoms with van der Waals surface area (Å²) in [6, 6.07) is 0. The van der Waals surface area contributed by atoms with Gasteiger partial charge in [-0.3, -0.25) is 9.59 Å². The van der Waals surface area contributed by atoms with Crippen molar-refractivity contribution in [2.24, 2.45) is 0 Å². The summed E-state index contributed by atoms with van der Waals surface area (Å²) in [6.07, 6.45) is 77.1. The predicted octanol–water partition coefficient (Wildman–Crippen LogP) is 21.9. The van der Waals surface area contributed by atoms with Crippen molar-refractivity contribution >= 4 is 11.8 Å². The van der Waals surface area contributed by atoms with Crippen molar-refractivity contribution in [1.82, 2.24) is 4.90 Å². The second-order valence-corrected chi connectivity index (χ2v) is 22.6. The topological polar surface area (TPSA) is 46.6 Å². The Morgan fingerprint density at radius 1 is 0.265 bits per heavy atom. The molecule has 0 heterocycles. The van der Waals surface area contributed by atoms with Gasteiger partial charge in [-0.15, -0.1) is 0 Å². The van der Waals surface area contributed by atoms with Crippen LogP contribution in [0.15, 0.2) is 0 Å². The smallest absolute Gasteiger partial charge is 0.305 e. The maximum atomic E-state index is 12.0. The average Bonchev–Trinajstić information content (AvgIpc) is 3.33. The summed E-state index contributed by atoms with van der Waals surface area (Å²) in [5.41, 5.74) is 0. The number of nitrogens with zero attached hydrogens (tertiary/aromatic N) is 1. The van der Waals surface area contributed by atoms with Gasteiger partial charge in [0.2, 0.25) is 0 Å². The van der Waals surface area contributed by atoms with Crippen molar-refractivity contribution in [3.8, 4) is 0 Å². The van der Waals surface area contributed by atoms with E-state index in [1.807, 2.05) is 0 Å². The van der Waals surface area contributed by atoms with Crippen LogP contribution in [0.4, 0.5) is 0 Å². The van der Waals surface area contributed by atoms with Gasteiger partial charge in [0.25, 0.3) is 0 Å². The number of carbonyl (C=O) groups excluding carboxylic acids is 2. The van der Waals surface area contributed by atoms with E-state index in [2.05, 4.69) is 25.9 Å². The molecule has 0 atom stereocenters. The molecule has 4 nitrogen and oxygen atoms in total. The van der Waals surface area contributed by atoms with E-state index >= 15 is 0 Å². The van der Waals surface area contributed by atoms with Crippen LogP contribution in [0.5, 0.6) is 0 Å². The Morgan fingerprint density at radius 3 is 0.721 bits per heavy atom. The lowest BCUT2D eigenvalue weighted by molar-refractivity contribution is -0.143. The number of esters is 1. The molecule has 0 radical (unpaired) electrons. The molecule has 0 fully saturated rings. The molecule has 0 aromatic heterocycles. The van der Waals surface area contributed by atoms with Crippen LogP contribution in [-0.2, 0) is 14.3 Å². The summed E-state index contributed by atoms with van der Waals surface area (Å²) in [5.74, 6) is 0.414. The molecule has 0 N–H and O–H groups in total. The van der Waals surface area contributed by atoms with Crippen molar-refractivity contribution in [2.75, 3.05) is 27.2 Å². The third-order valence-electron chi connectivity index (χ3n) is 15.2. The van der Waals surface area contributed by atoms with Gasteiger partial charge in [-0.2, -0.15) is 0 Å². The summed E-state index contributed by atoms with van der Waals surface area (Å²) in [4.78, 5) is 26.2. The molecule has 0 bridgehead atoms. The van der Waals surface area contributed by atoms with E-state index in [1.54, 1.807) is 0 Å². The normalized spacial score (nSPS) is 11.6. The zero-order valence-electron chi connectivity index (χ0n) is 47.4. The van der Waals surface area contributed by atoms with Crippen LogP contribution in [0, 0.1) is 0 Å². The highest BCUT2D eigenvalue weighted by Gasteiger charge is 2.05. The summed E-state index contributed by atoms with van der Waals surface area (Å²) >= 11 is 0. The van der Waals surface area contributed by atoms with Crippen molar-refractivity contribution in [3.63, 3.8) is 0 Å². The Labute approximate surface area is 429 Å². The highest BCUT2D eigenvalue weighted by molar-refractivity contribution is 5.78. The number of rotatable bonds is 61. The second kappa shape index (κ2) is 60.4. The molecule has 0 spiro atoms. The zero-order chi connectivity index (χ0) is 49.2. The highest BCUT2D eigenvalue weighted by atomic mass is 16.5. The van der Waals surface area contributed by atoms with E-state index in [9.17, 15) is 9.59 Å². The molecule has 0 aromatic rings. The summed E-state index contributed by atoms with van der Waals surface area (Å²) in [7, 11) is 4.17. The Balaban J connectivity index is 3.14. The molecule has 0 aliphatic heterocycles. The molecule has 4 heteroatoms. The summed E-state index contributed by atoms with van der Waals surface area (Å²) in [6.45, 7) is 3.98. The minimum Gasteiger partial charge on any atom is -0.466 e. The molecule has 406 valence electrons. The van der Waals surface area contributed by atoms with Crippen LogP contribution < -0.4 is 0 Å². The maximum Gasteiger partial charge on any atom is 0.305 e. The van der Waals surface area contributed by atoms with Crippen LogP contribution in [0.1, 0.15) is 373 Å². The number of Topliss-reactive ketones (excluding diaryl/α,β-unsaturated/α-hetero) is 1. The molecule has 0 aromatic carbocycles. The minimum absolute atomic E-state index is 0.0165. The van der Waals surface area contributed by atoms with E-state index < -0.39 is 0 Å². The van der Waals surface area contributed by atoms with Gasteiger partial charge in [0.15, 0.2) is 0 Å². The average molecular weight is 959 g/mol. The van der Waals surface area contributed by atoms with Gasteiger partial charge in [0, 0.05) is 19.3 Å². The highest BCUT2D eigenvalue weighted by Crippen LogP contribution is 2.19. The Bertz CT molecular complexity index is 950. The molecule has 0 rings (SSSR count). The fraction of sp³-hybridized carbons (Fsp3) is 0.969. The van der Waals surface area contributed by atoms with Crippen LogP contribution >= 0.6 is 0 Å². The number of ether oxygens (including phenoxy) is 1. The summed E-state index contributed by atoms with van der Waals surface area (Å²) < 4.78 is 5.47. The van der Waals surface area contributed by atoms with Gasteiger partial charge in [0.05, 0.1) is 6.61 Å². The SMILES string of the molecule is CCCCCCCCCCCCCCCCCCCCCCCCCCCCCCCCCCCCCCCCCCCCCCCCOC(=O)CCCCCCCCC(=O)CCCCN(C)C. The Kier molecular flexibility index (Phi) is 59.6. The van der Waals surface area contributed by atoms with Gasteiger partial charge < -0.3 is 9.64 Å². The number of carbonyl (C=O) groups is 2. The molecule has 0 aliphatic rings. The number of unbranched alkanes of at least 4 members (excludes halogenated alkanes) is 51. The Hall–Kier alpha value is -0.900. The first-order valence-corrected chi connectivity index (χ1v) is 31.9. The molecule has 0 saturated carbocycles. The molecule has 0 aliphatic carbocycles. The first-order chi connectivity index (χ1) is 33.6. The first-order valence-electron chi connectivity index (χ1n) is 31.9. The predicted molar refractivity (Wildman–Crippen MR) is 303 cm³/mol. The zero-order valence-corrected chi connectivity index (χ0v) is 47.4. The van der Waals surface area contributed by atoms with Gasteiger partial charge in [-0.25, -0.2) is 0 Å². The van der Waals surface area contributed by atoms with Crippen molar-refractivity contribution in [1.29, 1.82) is 0 Å². The number of hydrogen-bond donors (Lipinski definition) is 0. The minimum atomic E-state index is -0.0165. The number of ketones is 1. The number of hydrogen-bond acceptors (Lipinski definition) is 4. The van der Waals surface area contributed by atoms with E-state index in [0.29, 0.717) is 18.8 Å². The van der Waals surface area contributed by atoms with Crippen LogP contribution in [-0.4, -0.2) is 43.9 Å². The summed E-state index contributed by atoms with van der Waals surface area (Å²) in [5, 5.41) is 0. The lowest BCUT2D eigenvalue weighted by Gasteiger charge is -2.08. The molecule has 68 heavy (non-hydrogen) atoms. The van der Waals surface area contributed by atoms with Crippen LogP contribution in [0.25, 0.3) is 0 Å². The molecular formula is C64H127NO3. The quantitative estimate of drug-likeness (QED) is 0.0450. The third-order valence-corrected chi connectivity index (χ3v) is 15.2. The van der Waals surface area contributed by atoms with Gasteiger partial charge >= 0.3 is 5.97 Å². The monoisotopic (exact) mass is 958 g/mol. The maximum absolute atomic E-state index is 12.0. The van der Waals surface area contributed by atoms with Crippen molar-refractivity contribution in [2.45, 2.75) is 373 Å². The van der Waals surface area contributed by atoms with E-state index in [0.717, 1.165) is 70.8 Å². The van der Waals surface area contributed by atoms with Gasteiger partial charge in [-0.1, -0.05) is 322 Å². The van der Waals surface area contributed by atoms with Crippen LogP contribution in [0.2, 0.25) is 0 Å². The molecule has 0 unspecified atom stereocenters. The molecule has 0 amide bonds. The fourth-order valence-electron chi connectivity index (χ4n) is 10.4. The lowest BCUT2D eigenvalue weighted by atomic mass is 10.0. The van der Waals surface area contributed by atoms with Crippen molar-refractivity contribution < 1.29 is 14.3 Å². The second-order valence-electron chi connectivity index (χ2n) is 22.6. The third kappa shape index (κ3) is 61.2. The Morgan fingerprint density at radius 2 is 0.471 bits per heavy atom. The van der Waals surface area contributed by atoms with Crippen molar-refractivity contribution in [3.05, 3.63) is 0 Å². The van der Waals surface area contributed by atoms with E-state index in [1.165, 1.54) is 295 Å².